The molecular weight excluding hydrogens is 416 g/mol. The number of amides is 1. The van der Waals surface area contributed by atoms with E-state index in [2.05, 4.69) is 20.8 Å². The minimum Gasteiger partial charge on any atom is -0.348 e. The Kier molecular flexibility index (Phi) is 5.99. The van der Waals surface area contributed by atoms with Gasteiger partial charge in [-0.15, -0.1) is 5.10 Å². The molecule has 0 unspecified atom stereocenters. The van der Waals surface area contributed by atoms with Crippen LogP contribution in [0.4, 0.5) is 5.69 Å². The average Bonchev–Trinajstić information content (AvgIpc) is 3.27. The van der Waals surface area contributed by atoms with Gasteiger partial charge in [0.05, 0.1) is 16.2 Å². The van der Waals surface area contributed by atoms with Gasteiger partial charge in [0.25, 0.3) is 11.6 Å². The maximum absolute atomic E-state index is 12.9. The molecule has 0 spiro atoms. The predicted octanol–water partition coefficient (Wildman–Crippen LogP) is 3.65. The molecule has 3 aromatic carbocycles. The highest BCUT2D eigenvalue weighted by Crippen LogP contribution is 2.32. The van der Waals surface area contributed by atoms with Crippen LogP contribution in [0.5, 0.6) is 0 Å². The zero-order chi connectivity index (χ0) is 21.6. The Bertz CT molecular complexity index is 1210. The quantitative estimate of drug-likeness (QED) is 0.350. The molecule has 4 aromatic rings. The van der Waals surface area contributed by atoms with Gasteiger partial charge in [-0.25, -0.2) is 0 Å². The molecule has 0 fully saturated rings. The lowest BCUT2D eigenvalue weighted by Gasteiger charge is -2.10. The van der Waals surface area contributed by atoms with Crippen LogP contribution in [0.1, 0.15) is 15.9 Å². The number of rotatable bonds is 7. The van der Waals surface area contributed by atoms with Gasteiger partial charge in [-0.2, -0.15) is 4.68 Å². The number of tetrazole rings is 1. The molecule has 31 heavy (non-hydrogen) atoms. The fraction of sp³-hybridized carbons (Fsp3) is 0.0476. The van der Waals surface area contributed by atoms with Crippen molar-refractivity contribution in [1.29, 1.82) is 0 Å². The molecule has 0 aliphatic heterocycles. The summed E-state index contributed by atoms with van der Waals surface area (Å²) >= 11 is 1.16. The highest BCUT2D eigenvalue weighted by Gasteiger charge is 2.20. The molecule has 154 valence electrons. The molecule has 1 amide bonds. The zero-order valence-electron chi connectivity index (χ0n) is 16.1. The Labute approximate surface area is 181 Å². The molecule has 1 heterocycles. The second-order valence-electron chi connectivity index (χ2n) is 6.42. The van der Waals surface area contributed by atoms with Crippen molar-refractivity contribution in [3.8, 4) is 5.69 Å². The van der Waals surface area contributed by atoms with Crippen LogP contribution in [-0.4, -0.2) is 31.0 Å². The summed E-state index contributed by atoms with van der Waals surface area (Å²) in [6, 6.07) is 22.9. The van der Waals surface area contributed by atoms with Crippen molar-refractivity contribution in [2.24, 2.45) is 0 Å². The highest BCUT2D eigenvalue weighted by atomic mass is 32.2. The number of para-hydroxylation sites is 1. The summed E-state index contributed by atoms with van der Waals surface area (Å²) < 4.78 is 1.54. The second kappa shape index (κ2) is 9.18. The summed E-state index contributed by atoms with van der Waals surface area (Å²) in [7, 11) is 0. The average molecular weight is 432 g/mol. The van der Waals surface area contributed by atoms with E-state index in [9.17, 15) is 14.9 Å². The van der Waals surface area contributed by atoms with Crippen molar-refractivity contribution >= 4 is 23.4 Å². The maximum Gasteiger partial charge on any atom is 0.270 e. The van der Waals surface area contributed by atoms with E-state index in [1.165, 1.54) is 22.9 Å². The standard InChI is InChI=1S/C21H16N6O3S/c28-20(22-14-15-7-3-1-4-8-15)18-13-17(27(29)30)11-12-19(18)31-21-23-24-25-26(21)16-9-5-2-6-10-16/h1-13H,14H2,(H,22,28). The van der Waals surface area contributed by atoms with E-state index in [0.29, 0.717) is 16.6 Å². The minimum atomic E-state index is -0.531. The number of benzene rings is 3. The summed E-state index contributed by atoms with van der Waals surface area (Å²) in [5.41, 5.74) is 1.69. The first-order chi connectivity index (χ1) is 15.1. The second-order valence-corrected chi connectivity index (χ2v) is 7.43. The number of nitrogens with one attached hydrogen (secondary N) is 1. The van der Waals surface area contributed by atoms with Crippen LogP contribution in [-0.2, 0) is 6.54 Å². The Morgan fingerprint density at radius 3 is 2.45 bits per heavy atom. The van der Waals surface area contributed by atoms with Crippen molar-refractivity contribution in [3.63, 3.8) is 0 Å². The molecule has 10 heteroatoms. The molecule has 0 saturated carbocycles. The number of hydrogen-bond acceptors (Lipinski definition) is 7. The fourth-order valence-electron chi connectivity index (χ4n) is 2.84. The lowest BCUT2D eigenvalue weighted by molar-refractivity contribution is -0.384. The molecule has 0 atom stereocenters. The first kappa shape index (κ1) is 20.2. The lowest BCUT2D eigenvalue weighted by atomic mass is 10.1. The molecule has 4 rings (SSSR count). The van der Waals surface area contributed by atoms with Gasteiger partial charge in [-0.3, -0.25) is 14.9 Å². The third-order valence-electron chi connectivity index (χ3n) is 4.36. The van der Waals surface area contributed by atoms with Gasteiger partial charge in [0.1, 0.15) is 0 Å². The highest BCUT2D eigenvalue weighted by molar-refractivity contribution is 7.99. The summed E-state index contributed by atoms with van der Waals surface area (Å²) in [5, 5.41) is 26.3. The third-order valence-corrected chi connectivity index (χ3v) is 5.37. The van der Waals surface area contributed by atoms with E-state index in [-0.39, 0.29) is 11.3 Å². The number of carbonyl (C=O) groups excluding carboxylic acids is 1. The van der Waals surface area contributed by atoms with Gasteiger partial charge in [-0.1, -0.05) is 48.5 Å². The number of non-ortho nitro benzene ring substituents is 1. The van der Waals surface area contributed by atoms with Gasteiger partial charge in [0, 0.05) is 23.6 Å². The first-order valence-electron chi connectivity index (χ1n) is 9.24. The number of nitro groups is 1. The van der Waals surface area contributed by atoms with Crippen LogP contribution in [0.15, 0.2) is 88.9 Å². The van der Waals surface area contributed by atoms with Gasteiger partial charge >= 0.3 is 0 Å². The fourth-order valence-corrected chi connectivity index (χ4v) is 3.74. The van der Waals surface area contributed by atoms with Crippen LogP contribution in [0.3, 0.4) is 0 Å². The number of carbonyl (C=O) groups is 1. The number of aromatic nitrogens is 4. The molecule has 0 saturated heterocycles. The Hall–Kier alpha value is -4.05. The van der Waals surface area contributed by atoms with Crippen LogP contribution in [0.25, 0.3) is 5.69 Å². The van der Waals surface area contributed by atoms with Crippen LogP contribution in [0.2, 0.25) is 0 Å². The SMILES string of the molecule is O=C(NCc1ccccc1)c1cc([N+](=O)[O-])ccc1Sc1nnnn1-c1ccccc1. The smallest absolute Gasteiger partial charge is 0.270 e. The van der Waals surface area contributed by atoms with Gasteiger partial charge in [-0.05, 0) is 46.0 Å². The first-order valence-corrected chi connectivity index (χ1v) is 10.1. The molecule has 0 aliphatic rings. The van der Waals surface area contributed by atoms with Crippen LogP contribution in [0, 0.1) is 10.1 Å². The van der Waals surface area contributed by atoms with Crippen molar-refractivity contribution < 1.29 is 9.72 Å². The van der Waals surface area contributed by atoms with E-state index in [4.69, 9.17) is 0 Å². The molecule has 1 aromatic heterocycles. The molecule has 1 N–H and O–H groups in total. The minimum absolute atomic E-state index is 0.170. The molecule has 0 bridgehead atoms. The predicted molar refractivity (Wildman–Crippen MR) is 114 cm³/mol. The third kappa shape index (κ3) is 4.75. The van der Waals surface area contributed by atoms with Crippen LogP contribution < -0.4 is 5.32 Å². The van der Waals surface area contributed by atoms with E-state index in [0.717, 1.165) is 23.0 Å². The van der Waals surface area contributed by atoms with Crippen molar-refractivity contribution in [1.82, 2.24) is 25.5 Å². The van der Waals surface area contributed by atoms with E-state index in [1.54, 1.807) is 0 Å². The lowest BCUT2D eigenvalue weighted by Crippen LogP contribution is -2.23. The molecule has 0 aliphatic carbocycles. The van der Waals surface area contributed by atoms with E-state index < -0.39 is 10.8 Å². The summed E-state index contributed by atoms with van der Waals surface area (Å²) in [4.78, 5) is 24.1. The Morgan fingerprint density at radius 1 is 1.03 bits per heavy atom. The summed E-state index contributed by atoms with van der Waals surface area (Å²) in [5.74, 6) is -0.422. The van der Waals surface area contributed by atoms with Crippen molar-refractivity contribution in [2.45, 2.75) is 16.6 Å². The number of nitro benzene ring substituents is 1. The monoisotopic (exact) mass is 432 g/mol. The topological polar surface area (TPSA) is 116 Å². The summed E-state index contributed by atoms with van der Waals surface area (Å²) in [6.07, 6.45) is 0. The number of hydrogen-bond donors (Lipinski definition) is 1. The zero-order valence-corrected chi connectivity index (χ0v) is 16.9. The van der Waals surface area contributed by atoms with E-state index in [1.807, 2.05) is 60.7 Å². The van der Waals surface area contributed by atoms with Gasteiger partial charge in [0.15, 0.2) is 0 Å². The molecular formula is C21H16N6O3S. The Morgan fingerprint density at radius 2 is 1.74 bits per heavy atom. The number of nitrogens with zero attached hydrogens (tertiary/aromatic N) is 5. The maximum atomic E-state index is 12.9. The summed E-state index contributed by atoms with van der Waals surface area (Å²) in [6.45, 7) is 0.300. The molecule has 9 nitrogen and oxygen atoms in total. The molecule has 0 radical (unpaired) electrons. The van der Waals surface area contributed by atoms with Crippen molar-refractivity contribution in [2.75, 3.05) is 0 Å². The van der Waals surface area contributed by atoms with Crippen LogP contribution >= 0.6 is 11.8 Å². The van der Waals surface area contributed by atoms with Gasteiger partial charge in [0.2, 0.25) is 5.16 Å². The Balaban J connectivity index is 1.63. The van der Waals surface area contributed by atoms with Crippen molar-refractivity contribution in [3.05, 3.63) is 100 Å². The van der Waals surface area contributed by atoms with Gasteiger partial charge < -0.3 is 5.32 Å². The normalized spacial score (nSPS) is 10.6. The van der Waals surface area contributed by atoms with E-state index >= 15 is 0 Å². The largest absolute Gasteiger partial charge is 0.348 e.